The van der Waals surface area contributed by atoms with Crippen molar-refractivity contribution in [3.8, 4) is 0 Å². The zero-order valence-corrected chi connectivity index (χ0v) is 18.6. The summed E-state index contributed by atoms with van der Waals surface area (Å²) in [6.45, 7) is 8.35. The van der Waals surface area contributed by atoms with Crippen LogP contribution in [0.2, 0.25) is 0 Å². The summed E-state index contributed by atoms with van der Waals surface area (Å²) in [6, 6.07) is 1.04. The Kier molecular flexibility index (Phi) is 5.43. The third-order valence-corrected chi connectivity index (χ3v) is 7.56. The molecular weight excluding hydrogens is 457 g/mol. The third-order valence-electron chi connectivity index (χ3n) is 4.79. The van der Waals surface area contributed by atoms with Crippen molar-refractivity contribution in [2.45, 2.75) is 64.5 Å². The maximum absolute atomic E-state index is 13.9. The fourth-order valence-corrected chi connectivity index (χ4v) is 5.25. The van der Waals surface area contributed by atoms with E-state index < -0.39 is 27.5 Å². The number of rotatable bonds is 5. The lowest BCUT2D eigenvalue weighted by atomic mass is 9.97. The van der Waals surface area contributed by atoms with Gasteiger partial charge in [-0.15, -0.1) is 0 Å². The number of nitrogens with zero attached hydrogens (tertiary/aromatic N) is 1. The van der Waals surface area contributed by atoms with Gasteiger partial charge in [0.1, 0.15) is 6.04 Å². The van der Waals surface area contributed by atoms with Crippen molar-refractivity contribution in [3.63, 3.8) is 0 Å². The standard InChI is InChI=1S/C19H24BrF3N2O2S/c1-11-15(20)8-7-13-14(9-25(16(11)13)10-18(2,3)4)17(19(21,22)23)24-28(26,27)12-5-6-12/h7-9,12,17,24H,5-6,10H2,1-4H3/t17-/m0/s1. The minimum atomic E-state index is -4.75. The molecule has 2 aromatic rings. The van der Waals surface area contributed by atoms with Crippen LogP contribution < -0.4 is 4.72 Å². The molecule has 0 aliphatic heterocycles. The number of aryl methyl sites for hydroxylation is 1. The Morgan fingerprint density at radius 2 is 1.86 bits per heavy atom. The Morgan fingerprint density at radius 3 is 2.36 bits per heavy atom. The molecule has 28 heavy (non-hydrogen) atoms. The topological polar surface area (TPSA) is 51.1 Å². The molecule has 1 aromatic heterocycles. The summed E-state index contributed by atoms with van der Waals surface area (Å²) in [5.74, 6) is 0. The van der Waals surface area contributed by atoms with Crippen LogP contribution in [-0.2, 0) is 16.6 Å². The van der Waals surface area contributed by atoms with E-state index in [1.54, 1.807) is 16.7 Å². The van der Waals surface area contributed by atoms with Gasteiger partial charge in [0, 0.05) is 28.2 Å². The Hall–Kier alpha value is -1.06. The lowest BCUT2D eigenvalue weighted by Gasteiger charge is -2.22. The van der Waals surface area contributed by atoms with Gasteiger partial charge in [0.2, 0.25) is 10.0 Å². The molecule has 0 bridgehead atoms. The van der Waals surface area contributed by atoms with Gasteiger partial charge < -0.3 is 4.57 Å². The maximum Gasteiger partial charge on any atom is 0.408 e. The highest BCUT2D eigenvalue weighted by molar-refractivity contribution is 9.10. The van der Waals surface area contributed by atoms with Gasteiger partial charge in [-0.05, 0) is 36.8 Å². The fraction of sp³-hybridized carbons (Fsp3) is 0.579. The summed E-state index contributed by atoms with van der Waals surface area (Å²) in [4.78, 5) is 0. The molecule has 0 spiro atoms. The van der Waals surface area contributed by atoms with Crippen LogP contribution in [-0.4, -0.2) is 24.4 Å². The molecule has 0 saturated heterocycles. The van der Waals surface area contributed by atoms with Gasteiger partial charge in [-0.1, -0.05) is 42.8 Å². The number of hydrogen-bond donors (Lipinski definition) is 1. The molecule has 1 aromatic carbocycles. The molecule has 4 nitrogen and oxygen atoms in total. The summed E-state index contributed by atoms with van der Waals surface area (Å²) in [5.41, 5.74) is 1.27. The van der Waals surface area contributed by atoms with Gasteiger partial charge in [0.05, 0.1) is 10.8 Å². The average molecular weight is 481 g/mol. The van der Waals surface area contributed by atoms with E-state index in [4.69, 9.17) is 0 Å². The number of benzene rings is 1. The molecule has 156 valence electrons. The molecule has 0 radical (unpaired) electrons. The number of hydrogen-bond acceptors (Lipinski definition) is 2. The summed E-state index contributed by atoms with van der Waals surface area (Å²) in [6.07, 6.45) is -2.50. The van der Waals surface area contributed by atoms with E-state index >= 15 is 0 Å². The third kappa shape index (κ3) is 4.41. The van der Waals surface area contributed by atoms with Crippen LogP contribution >= 0.6 is 15.9 Å². The first-order chi connectivity index (χ1) is 12.7. The van der Waals surface area contributed by atoms with Gasteiger partial charge in [-0.25, -0.2) is 8.42 Å². The van der Waals surface area contributed by atoms with Crippen LogP contribution in [0.25, 0.3) is 10.9 Å². The van der Waals surface area contributed by atoms with E-state index in [0.717, 1.165) is 10.0 Å². The lowest BCUT2D eigenvalue weighted by molar-refractivity contribution is -0.152. The maximum atomic E-state index is 13.9. The summed E-state index contributed by atoms with van der Waals surface area (Å²) < 4.78 is 70.9. The highest BCUT2D eigenvalue weighted by Gasteiger charge is 2.47. The van der Waals surface area contributed by atoms with Crippen molar-refractivity contribution < 1.29 is 21.6 Å². The average Bonchev–Trinajstić information content (AvgIpc) is 3.31. The van der Waals surface area contributed by atoms with E-state index in [2.05, 4.69) is 15.9 Å². The van der Waals surface area contributed by atoms with Crippen molar-refractivity contribution >= 4 is 36.9 Å². The molecule has 1 heterocycles. The predicted molar refractivity (Wildman–Crippen MR) is 108 cm³/mol. The van der Waals surface area contributed by atoms with Crippen molar-refractivity contribution in [3.05, 3.63) is 33.9 Å². The van der Waals surface area contributed by atoms with Crippen LogP contribution in [0.1, 0.15) is 50.8 Å². The van der Waals surface area contributed by atoms with Gasteiger partial charge >= 0.3 is 6.18 Å². The SMILES string of the molecule is Cc1c(Br)ccc2c([C@H](NS(=O)(=O)C3CC3)C(F)(F)F)cn(CC(C)(C)C)c12. The Morgan fingerprint density at radius 1 is 1.25 bits per heavy atom. The molecule has 1 N–H and O–H groups in total. The van der Waals surface area contributed by atoms with E-state index in [-0.39, 0.29) is 11.0 Å². The van der Waals surface area contributed by atoms with Gasteiger partial charge in [0.25, 0.3) is 0 Å². The van der Waals surface area contributed by atoms with Crippen LogP contribution in [0.4, 0.5) is 13.2 Å². The monoisotopic (exact) mass is 480 g/mol. The van der Waals surface area contributed by atoms with Crippen LogP contribution in [0, 0.1) is 12.3 Å². The summed E-state index contributed by atoms with van der Waals surface area (Å²) in [5, 5.41) is -0.318. The highest BCUT2D eigenvalue weighted by atomic mass is 79.9. The molecule has 1 aliphatic carbocycles. The number of nitrogens with one attached hydrogen (secondary N) is 1. The first-order valence-corrected chi connectivity index (χ1v) is 11.4. The lowest BCUT2D eigenvalue weighted by Crippen LogP contribution is -2.39. The van der Waals surface area contributed by atoms with Crippen LogP contribution in [0.3, 0.4) is 0 Å². The molecule has 1 saturated carbocycles. The first-order valence-electron chi connectivity index (χ1n) is 9.06. The van der Waals surface area contributed by atoms with E-state index in [1.807, 2.05) is 32.4 Å². The summed E-state index contributed by atoms with van der Waals surface area (Å²) in [7, 11) is -4.02. The zero-order valence-electron chi connectivity index (χ0n) is 16.2. The minimum Gasteiger partial charge on any atom is -0.346 e. The second-order valence-corrected chi connectivity index (χ2v) is 11.5. The predicted octanol–water partition coefficient (Wildman–Crippen LogP) is 5.44. The molecule has 1 aliphatic rings. The number of fused-ring (bicyclic) bond motifs is 1. The summed E-state index contributed by atoms with van der Waals surface area (Å²) >= 11 is 3.45. The van der Waals surface area contributed by atoms with E-state index in [9.17, 15) is 21.6 Å². The molecule has 3 rings (SSSR count). The molecule has 0 amide bonds. The molecular formula is C19H24BrF3N2O2S. The largest absolute Gasteiger partial charge is 0.408 e. The number of aromatic nitrogens is 1. The van der Waals surface area contributed by atoms with Crippen LogP contribution in [0.5, 0.6) is 0 Å². The van der Waals surface area contributed by atoms with Gasteiger partial charge in [-0.2, -0.15) is 17.9 Å². The quantitative estimate of drug-likeness (QED) is 0.618. The molecule has 9 heteroatoms. The fourth-order valence-electron chi connectivity index (χ4n) is 3.39. The van der Waals surface area contributed by atoms with Gasteiger partial charge in [0.15, 0.2) is 0 Å². The van der Waals surface area contributed by atoms with Gasteiger partial charge in [-0.3, -0.25) is 0 Å². The molecule has 1 fully saturated rings. The van der Waals surface area contributed by atoms with Crippen molar-refractivity contribution in [1.82, 2.24) is 9.29 Å². The number of alkyl halides is 3. The minimum absolute atomic E-state index is 0.0634. The van der Waals surface area contributed by atoms with Crippen molar-refractivity contribution in [1.29, 1.82) is 0 Å². The number of sulfonamides is 1. The zero-order chi connectivity index (χ0) is 21.1. The van der Waals surface area contributed by atoms with E-state index in [0.29, 0.717) is 30.3 Å². The van der Waals surface area contributed by atoms with Crippen molar-refractivity contribution in [2.24, 2.45) is 5.41 Å². The van der Waals surface area contributed by atoms with Crippen LogP contribution in [0.15, 0.2) is 22.8 Å². The van der Waals surface area contributed by atoms with E-state index in [1.165, 1.54) is 6.20 Å². The second-order valence-electron chi connectivity index (χ2n) is 8.68. The molecule has 1 atom stereocenters. The first kappa shape index (κ1) is 21.6. The highest BCUT2D eigenvalue weighted by Crippen LogP contribution is 2.41. The Labute approximate surface area is 171 Å². The normalized spacial score (nSPS) is 17.3. The van der Waals surface area contributed by atoms with Crippen molar-refractivity contribution in [2.75, 3.05) is 0 Å². The molecule has 0 unspecified atom stereocenters. The number of halogens is 4. The Balaban J connectivity index is 2.20. The smallest absolute Gasteiger partial charge is 0.346 e. The second kappa shape index (κ2) is 7.02. The Bertz CT molecular complexity index is 1000.